The van der Waals surface area contributed by atoms with Gasteiger partial charge in [0.2, 0.25) is 6.29 Å². The maximum Gasteiger partial charge on any atom is 0.213 e. The zero-order chi connectivity index (χ0) is 16.2. The lowest BCUT2D eigenvalue weighted by Crippen LogP contribution is -2.23. The van der Waals surface area contributed by atoms with Crippen LogP contribution >= 0.6 is 23.2 Å². The molecule has 0 unspecified atom stereocenters. The monoisotopic (exact) mass is 332 g/mol. The lowest BCUT2D eigenvalue weighted by Gasteiger charge is -2.24. The van der Waals surface area contributed by atoms with E-state index in [-0.39, 0.29) is 5.88 Å². The minimum absolute atomic E-state index is 0.286. The molecule has 0 saturated heterocycles. The second-order valence-corrected chi connectivity index (χ2v) is 6.48. The minimum Gasteiger partial charge on any atom is -0.463 e. The number of halogens is 2. The average molecular weight is 333 g/mol. The Kier molecular flexibility index (Phi) is 7.32. The molecule has 0 heterocycles. The zero-order valence-corrected chi connectivity index (χ0v) is 15.3. The number of alkyl halides is 1. The van der Waals surface area contributed by atoms with Crippen molar-refractivity contribution in [3.05, 3.63) is 27.8 Å². The summed E-state index contributed by atoms with van der Waals surface area (Å²) >= 11 is 12.4. The van der Waals surface area contributed by atoms with E-state index in [0.29, 0.717) is 18.4 Å². The normalized spacial score (nSPS) is 13.0. The van der Waals surface area contributed by atoms with E-state index in [2.05, 4.69) is 33.8 Å². The Hall–Kier alpha value is -0.440. The molecule has 2 nitrogen and oxygen atoms in total. The second kappa shape index (κ2) is 8.26. The molecule has 1 atom stereocenters. The summed E-state index contributed by atoms with van der Waals surface area (Å²) in [6, 6.07) is 2.15. The Morgan fingerprint density at radius 3 is 2.10 bits per heavy atom. The topological polar surface area (TPSA) is 18.5 Å². The summed E-state index contributed by atoms with van der Waals surface area (Å²) in [4.78, 5) is 0. The van der Waals surface area contributed by atoms with E-state index in [1.807, 2.05) is 13.8 Å². The van der Waals surface area contributed by atoms with Crippen molar-refractivity contribution in [1.82, 2.24) is 0 Å². The number of rotatable bonds is 7. The van der Waals surface area contributed by atoms with E-state index < -0.39 is 6.29 Å². The highest BCUT2D eigenvalue weighted by molar-refractivity contribution is 6.32. The van der Waals surface area contributed by atoms with Crippen molar-refractivity contribution < 1.29 is 9.47 Å². The summed E-state index contributed by atoms with van der Waals surface area (Å²) in [7, 11) is 0. The molecule has 1 aromatic carbocycles. The van der Waals surface area contributed by atoms with Crippen LogP contribution in [0.15, 0.2) is 6.07 Å². The van der Waals surface area contributed by atoms with Crippen molar-refractivity contribution in [2.24, 2.45) is 0 Å². The number of ether oxygens (including phenoxy) is 2. The molecule has 0 spiro atoms. The van der Waals surface area contributed by atoms with Crippen LogP contribution in [0.3, 0.4) is 0 Å². The van der Waals surface area contributed by atoms with Gasteiger partial charge in [0, 0.05) is 12.2 Å². The first-order chi connectivity index (χ1) is 9.83. The third kappa shape index (κ3) is 4.51. The van der Waals surface area contributed by atoms with Crippen LogP contribution in [0.2, 0.25) is 5.02 Å². The van der Waals surface area contributed by atoms with Gasteiger partial charge in [0.1, 0.15) is 5.75 Å². The van der Waals surface area contributed by atoms with E-state index in [1.54, 1.807) is 0 Å². The molecule has 0 N–H and O–H groups in total. The van der Waals surface area contributed by atoms with Gasteiger partial charge in [-0.2, -0.15) is 0 Å². The lowest BCUT2D eigenvalue weighted by molar-refractivity contribution is -0.0596. The molecule has 0 fully saturated rings. The first kappa shape index (κ1) is 18.6. The standard InChI is InChI=1S/C17H26Cl2O2/c1-7-20-15(9-18)21-17-12(6)16(19)13(10(2)3)8-14(17)11(4)5/h8,10-11,15H,7,9H2,1-6H3/t15-/m0/s1. The van der Waals surface area contributed by atoms with Crippen LogP contribution in [-0.4, -0.2) is 18.8 Å². The SMILES string of the molecule is CCO[C@H](CCl)Oc1c(C(C)C)cc(C(C)C)c(Cl)c1C. The summed E-state index contributed by atoms with van der Waals surface area (Å²) < 4.78 is 11.5. The van der Waals surface area contributed by atoms with Crippen molar-refractivity contribution in [3.63, 3.8) is 0 Å². The Labute approximate surface area is 138 Å². The van der Waals surface area contributed by atoms with Gasteiger partial charge in [-0.05, 0) is 36.8 Å². The van der Waals surface area contributed by atoms with E-state index in [9.17, 15) is 0 Å². The fourth-order valence-electron chi connectivity index (χ4n) is 2.26. The number of benzene rings is 1. The van der Waals surface area contributed by atoms with Crippen molar-refractivity contribution in [2.45, 2.75) is 59.7 Å². The van der Waals surface area contributed by atoms with Gasteiger partial charge < -0.3 is 9.47 Å². The van der Waals surface area contributed by atoms with Crippen molar-refractivity contribution >= 4 is 23.2 Å². The zero-order valence-electron chi connectivity index (χ0n) is 13.8. The summed E-state index contributed by atoms with van der Waals surface area (Å²) in [6.07, 6.45) is -0.450. The van der Waals surface area contributed by atoms with E-state index in [1.165, 1.54) is 0 Å². The Bertz CT molecular complexity index is 470. The van der Waals surface area contributed by atoms with E-state index in [4.69, 9.17) is 32.7 Å². The van der Waals surface area contributed by atoms with Gasteiger partial charge in [0.25, 0.3) is 0 Å². The van der Waals surface area contributed by atoms with Gasteiger partial charge in [-0.15, -0.1) is 11.6 Å². The first-order valence-electron chi connectivity index (χ1n) is 7.50. The van der Waals surface area contributed by atoms with Crippen LogP contribution in [0.1, 0.15) is 63.1 Å². The van der Waals surface area contributed by atoms with Crippen molar-refractivity contribution in [3.8, 4) is 5.75 Å². The quantitative estimate of drug-likeness (QED) is 0.458. The van der Waals surface area contributed by atoms with Gasteiger partial charge in [-0.3, -0.25) is 0 Å². The van der Waals surface area contributed by atoms with Crippen LogP contribution < -0.4 is 4.74 Å². The van der Waals surface area contributed by atoms with E-state index >= 15 is 0 Å². The predicted molar refractivity (Wildman–Crippen MR) is 91.1 cm³/mol. The third-order valence-electron chi connectivity index (χ3n) is 3.47. The predicted octanol–water partition coefficient (Wildman–Crippen LogP) is 5.88. The smallest absolute Gasteiger partial charge is 0.213 e. The van der Waals surface area contributed by atoms with Crippen LogP contribution in [0.25, 0.3) is 0 Å². The van der Waals surface area contributed by atoms with Gasteiger partial charge in [-0.1, -0.05) is 45.4 Å². The maximum atomic E-state index is 6.52. The molecular formula is C17H26Cl2O2. The molecule has 1 rings (SSSR count). The van der Waals surface area contributed by atoms with Gasteiger partial charge in [0.15, 0.2) is 0 Å². The van der Waals surface area contributed by atoms with Crippen molar-refractivity contribution in [1.29, 1.82) is 0 Å². The molecule has 0 bridgehead atoms. The molecule has 0 saturated carbocycles. The molecule has 0 aromatic heterocycles. The molecule has 0 aliphatic carbocycles. The highest BCUT2D eigenvalue weighted by Gasteiger charge is 2.21. The fraction of sp³-hybridized carbons (Fsp3) is 0.647. The minimum atomic E-state index is -0.450. The molecule has 120 valence electrons. The Morgan fingerprint density at radius 2 is 1.67 bits per heavy atom. The Balaban J connectivity index is 3.32. The molecule has 4 heteroatoms. The van der Waals surface area contributed by atoms with Gasteiger partial charge >= 0.3 is 0 Å². The third-order valence-corrected chi connectivity index (χ3v) is 4.22. The molecule has 1 aromatic rings. The lowest BCUT2D eigenvalue weighted by atomic mass is 9.92. The van der Waals surface area contributed by atoms with Crippen LogP contribution in [0.4, 0.5) is 0 Å². The first-order valence-corrected chi connectivity index (χ1v) is 8.41. The van der Waals surface area contributed by atoms with E-state index in [0.717, 1.165) is 27.5 Å². The highest BCUT2D eigenvalue weighted by Crippen LogP contribution is 2.40. The number of hydrogen-bond donors (Lipinski definition) is 0. The molecular weight excluding hydrogens is 307 g/mol. The molecule has 0 aliphatic rings. The Morgan fingerprint density at radius 1 is 1.10 bits per heavy atom. The summed E-state index contributed by atoms with van der Waals surface area (Å²) in [6.45, 7) is 13.1. The summed E-state index contributed by atoms with van der Waals surface area (Å²) in [5.41, 5.74) is 3.26. The summed E-state index contributed by atoms with van der Waals surface area (Å²) in [5.74, 6) is 1.80. The van der Waals surface area contributed by atoms with Crippen LogP contribution in [0, 0.1) is 6.92 Å². The van der Waals surface area contributed by atoms with Crippen molar-refractivity contribution in [2.75, 3.05) is 12.5 Å². The second-order valence-electron chi connectivity index (χ2n) is 5.79. The molecule has 0 amide bonds. The van der Waals surface area contributed by atoms with Crippen LogP contribution in [0.5, 0.6) is 5.75 Å². The molecule has 0 radical (unpaired) electrons. The van der Waals surface area contributed by atoms with Crippen LogP contribution in [-0.2, 0) is 4.74 Å². The fourth-order valence-corrected chi connectivity index (χ4v) is 2.77. The highest BCUT2D eigenvalue weighted by atomic mass is 35.5. The van der Waals surface area contributed by atoms with Gasteiger partial charge in [-0.25, -0.2) is 0 Å². The summed E-state index contributed by atoms with van der Waals surface area (Å²) in [5, 5.41) is 0.772. The number of hydrogen-bond acceptors (Lipinski definition) is 2. The molecule has 0 aliphatic heterocycles. The largest absolute Gasteiger partial charge is 0.463 e. The maximum absolute atomic E-state index is 6.52. The average Bonchev–Trinajstić information content (AvgIpc) is 2.42. The molecule has 21 heavy (non-hydrogen) atoms. The van der Waals surface area contributed by atoms with Gasteiger partial charge in [0.05, 0.1) is 10.9 Å².